The van der Waals surface area contributed by atoms with Crippen LogP contribution in [0.2, 0.25) is 0 Å². The summed E-state index contributed by atoms with van der Waals surface area (Å²) in [6, 6.07) is 18.8. The van der Waals surface area contributed by atoms with E-state index in [-0.39, 0.29) is 11.9 Å². The van der Waals surface area contributed by atoms with Crippen LogP contribution < -0.4 is 5.32 Å². The minimum atomic E-state index is -0.255. The Morgan fingerprint density at radius 3 is 2.17 bits per heavy atom. The molecule has 2 heterocycles. The number of rotatable bonds is 3. The molecule has 0 aliphatic carbocycles. The van der Waals surface area contributed by atoms with Gasteiger partial charge >= 0.3 is 0 Å². The second-order valence-electron chi connectivity index (χ2n) is 5.53. The van der Waals surface area contributed by atoms with Crippen LogP contribution in [0, 0.1) is 0 Å². The van der Waals surface area contributed by atoms with Crippen molar-refractivity contribution in [3.05, 3.63) is 72.2 Å². The van der Waals surface area contributed by atoms with Crippen LogP contribution in [0.15, 0.2) is 69.5 Å². The van der Waals surface area contributed by atoms with Crippen molar-refractivity contribution in [1.29, 1.82) is 0 Å². The van der Waals surface area contributed by atoms with Crippen LogP contribution in [0.3, 0.4) is 0 Å². The average Bonchev–Trinajstić information content (AvgIpc) is 3.18. The normalized spacial score (nSPS) is 12.6. The summed E-state index contributed by atoms with van der Waals surface area (Å²) in [6.45, 7) is 1.89. The molecule has 114 valence electrons. The number of para-hydroxylation sites is 2. The molecule has 4 aromatic rings. The van der Waals surface area contributed by atoms with Gasteiger partial charge in [-0.3, -0.25) is 4.79 Å². The number of furan rings is 2. The van der Waals surface area contributed by atoms with Gasteiger partial charge < -0.3 is 14.2 Å². The third-order valence-corrected chi connectivity index (χ3v) is 3.87. The molecule has 23 heavy (non-hydrogen) atoms. The number of carbonyl (C=O) groups is 1. The third kappa shape index (κ3) is 2.48. The minimum absolute atomic E-state index is 0.247. The summed E-state index contributed by atoms with van der Waals surface area (Å²) in [6.07, 6.45) is 0. The van der Waals surface area contributed by atoms with Crippen LogP contribution in [0.25, 0.3) is 21.9 Å². The van der Waals surface area contributed by atoms with Crippen LogP contribution in [-0.2, 0) is 0 Å². The molecule has 0 bridgehead atoms. The Balaban J connectivity index is 1.57. The maximum atomic E-state index is 12.4. The molecule has 0 spiro atoms. The Labute approximate surface area is 132 Å². The lowest BCUT2D eigenvalue weighted by molar-refractivity contribution is 0.0910. The molecule has 1 unspecified atom stereocenters. The summed E-state index contributed by atoms with van der Waals surface area (Å²) in [5.41, 5.74) is 1.52. The lowest BCUT2D eigenvalue weighted by Crippen LogP contribution is -2.25. The number of amides is 1. The lowest BCUT2D eigenvalue weighted by Gasteiger charge is -2.09. The third-order valence-electron chi connectivity index (χ3n) is 3.87. The van der Waals surface area contributed by atoms with Crippen molar-refractivity contribution in [3.8, 4) is 0 Å². The summed E-state index contributed by atoms with van der Waals surface area (Å²) >= 11 is 0. The van der Waals surface area contributed by atoms with E-state index in [9.17, 15) is 4.79 Å². The molecule has 2 aromatic heterocycles. The van der Waals surface area contributed by atoms with Gasteiger partial charge in [-0.1, -0.05) is 36.4 Å². The highest BCUT2D eigenvalue weighted by molar-refractivity contribution is 5.96. The van der Waals surface area contributed by atoms with Gasteiger partial charge in [0.25, 0.3) is 5.91 Å². The van der Waals surface area contributed by atoms with Crippen molar-refractivity contribution in [1.82, 2.24) is 5.32 Å². The highest BCUT2D eigenvalue weighted by atomic mass is 16.3. The SMILES string of the molecule is CC(NC(=O)c1cc2ccccc2o1)c1cc2ccccc2o1. The standard InChI is InChI=1S/C19H15NO3/c1-12(17-10-13-6-2-4-8-15(13)22-17)20-19(21)18-11-14-7-3-5-9-16(14)23-18/h2-12H,1H3,(H,20,21). The molecular weight excluding hydrogens is 290 g/mol. The fourth-order valence-electron chi connectivity index (χ4n) is 2.65. The number of carbonyl (C=O) groups excluding carboxylic acids is 1. The predicted octanol–water partition coefficient (Wildman–Crippen LogP) is 4.67. The van der Waals surface area contributed by atoms with Crippen LogP contribution in [-0.4, -0.2) is 5.91 Å². The van der Waals surface area contributed by atoms with Crippen molar-refractivity contribution < 1.29 is 13.6 Å². The van der Waals surface area contributed by atoms with E-state index in [1.165, 1.54) is 0 Å². The van der Waals surface area contributed by atoms with E-state index in [1.54, 1.807) is 6.07 Å². The largest absolute Gasteiger partial charge is 0.459 e. The Morgan fingerprint density at radius 2 is 1.52 bits per heavy atom. The number of hydrogen-bond acceptors (Lipinski definition) is 3. The summed E-state index contributed by atoms with van der Waals surface area (Å²) in [5.74, 6) is 0.763. The second kappa shape index (κ2) is 5.32. The van der Waals surface area contributed by atoms with E-state index in [0.717, 1.165) is 22.1 Å². The second-order valence-corrected chi connectivity index (χ2v) is 5.53. The first-order valence-electron chi connectivity index (χ1n) is 7.48. The summed E-state index contributed by atoms with van der Waals surface area (Å²) in [4.78, 5) is 12.4. The number of fused-ring (bicyclic) bond motifs is 2. The van der Waals surface area contributed by atoms with Crippen LogP contribution in [0.4, 0.5) is 0 Å². The molecule has 0 aliphatic heterocycles. The minimum Gasteiger partial charge on any atom is -0.459 e. The zero-order valence-corrected chi connectivity index (χ0v) is 12.6. The van der Waals surface area contributed by atoms with E-state index in [1.807, 2.05) is 61.5 Å². The van der Waals surface area contributed by atoms with Crippen molar-refractivity contribution in [2.45, 2.75) is 13.0 Å². The molecule has 4 rings (SSSR count). The molecule has 1 atom stereocenters. The van der Waals surface area contributed by atoms with Gasteiger partial charge in [-0.05, 0) is 31.2 Å². The molecular formula is C19H15NO3. The van der Waals surface area contributed by atoms with Crippen molar-refractivity contribution in [2.24, 2.45) is 0 Å². The first-order chi connectivity index (χ1) is 11.2. The van der Waals surface area contributed by atoms with E-state index >= 15 is 0 Å². The molecule has 0 saturated heterocycles. The highest BCUT2D eigenvalue weighted by Gasteiger charge is 2.18. The van der Waals surface area contributed by atoms with Crippen LogP contribution >= 0.6 is 0 Å². The molecule has 1 amide bonds. The number of benzene rings is 2. The van der Waals surface area contributed by atoms with Gasteiger partial charge in [0.15, 0.2) is 5.76 Å². The molecule has 1 N–H and O–H groups in total. The zero-order valence-electron chi connectivity index (χ0n) is 12.6. The van der Waals surface area contributed by atoms with Gasteiger partial charge in [0, 0.05) is 10.8 Å². The molecule has 4 heteroatoms. The highest BCUT2D eigenvalue weighted by Crippen LogP contribution is 2.24. The van der Waals surface area contributed by atoms with Gasteiger partial charge in [0.1, 0.15) is 16.9 Å². The van der Waals surface area contributed by atoms with Crippen molar-refractivity contribution >= 4 is 27.8 Å². The lowest BCUT2D eigenvalue weighted by atomic mass is 10.2. The quantitative estimate of drug-likeness (QED) is 0.598. The first kappa shape index (κ1) is 13.6. The summed E-state index contributed by atoms with van der Waals surface area (Å²) < 4.78 is 11.4. The fraction of sp³-hybridized carbons (Fsp3) is 0.105. The molecule has 0 radical (unpaired) electrons. The molecule has 0 saturated carbocycles. The Morgan fingerprint density at radius 1 is 0.913 bits per heavy atom. The molecule has 0 aliphatic rings. The average molecular weight is 305 g/mol. The Bertz CT molecular complexity index is 930. The smallest absolute Gasteiger partial charge is 0.287 e. The summed E-state index contributed by atoms with van der Waals surface area (Å²) in [5, 5.41) is 4.84. The van der Waals surface area contributed by atoms with Crippen LogP contribution in [0.5, 0.6) is 0 Å². The zero-order chi connectivity index (χ0) is 15.8. The number of hydrogen-bond donors (Lipinski definition) is 1. The maximum Gasteiger partial charge on any atom is 0.287 e. The molecule has 4 nitrogen and oxygen atoms in total. The Kier molecular flexibility index (Phi) is 3.15. The van der Waals surface area contributed by atoms with E-state index in [0.29, 0.717) is 11.3 Å². The van der Waals surface area contributed by atoms with Crippen molar-refractivity contribution in [2.75, 3.05) is 0 Å². The molecule has 0 fully saturated rings. The van der Waals surface area contributed by atoms with E-state index in [2.05, 4.69) is 5.32 Å². The fourth-order valence-corrected chi connectivity index (χ4v) is 2.65. The van der Waals surface area contributed by atoms with Crippen molar-refractivity contribution in [3.63, 3.8) is 0 Å². The van der Waals surface area contributed by atoms with Gasteiger partial charge in [-0.15, -0.1) is 0 Å². The van der Waals surface area contributed by atoms with Gasteiger partial charge in [-0.2, -0.15) is 0 Å². The monoisotopic (exact) mass is 305 g/mol. The van der Waals surface area contributed by atoms with Crippen LogP contribution in [0.1, 0.15) is 29.3 Å². The molecule has 2 aromatic carbocycles. The topological polar surface area (TPSA) is 55.4 Å². The van der Waals surface area contributed by atoms with Gasteiger partial charge in [0.05, 0.1) is 6.04 Å². The van der Waals surface area contributed by atoms with E-state index < -0.39 is 0 Å². The maximum absolute atomic E-state index is 12.4. The Hall–Kier alpha value is -3.01. The van der Waals surface area contributed by atoms with Gasteiger partial charge in [0.2, 0.25) is 0 Å². The summed E-state index contributed by atoms with van der Waals surface area (Å²) in [7, 11) is 0. The first-order valence-corrected chi connectivity index (χ1v) is 7.48. The van der Waals surface area contributed by atoms with E-state index in [4.69, 9.17) is 8.83 Å². The predicted molar refractivity (Wildman–Crippen MR) is 88.3 cm³/mol. The van der Waals surface area contributed by atoms with Gasteiger partial charge in [-0.25, -0.2) is 0 Å². The number of nitrogens with one attached hydrogen (secondary N) is 1.